The number of hydrogen-bond donors (Lipinski definition) is 1. The lowest BCUT2D eigenvalue weighted by molar-refractivity contribution is -0.139. The second-order valence-corrected chi connectivity index (χ2v) is 6.98. The summed E-state index contributed by atoms with van der Waals surface area (Å²) in [6, 6.07) is 7.55. The van der Waals surface area contributed by atoms with E-state index in [1.807, 2.05) is 6.07 Å². The number of carboxylic acid groups (broad SMARTS) is 1. The van der Waals surface area contributed by atoms with Crippen LogP contribution in [0, 0.1) is 17.9 Å². The van der Waals surface area contributed by atoms with Crippen molar-refractivity contribution in [3.05, 3.63) is 46.3 Å². The summed E-state index contributed by atoms with van der Waals surface area (Å²) in [4.78, 5) is 25.3. The van der Waals surface area contributed by atoms with Crippen LogP contribution in [0.3, 0.4) is 0 Å². The van der Waals surface area contributed by atoms with Gasteiger partial charge in [0.2, 0.25) is 0 Å². The topological polar surface area (TPSA) is 91.8 Å². The molecule has 0 fully saturated rings. The van der Waals surface area contributed by atoms with Gasteiger partial charge in [-0.15, -0.1) is 0 Å². The normalized spacial score (nSPS) is 12.6. The monoisotopic (exact) mass is 342 g/mol. The third-order valence-corrected chi connectivity index (χ3v) is 4.20. The van der Waals surface area contributed by atoms with Crippen LogP contribution in [0.4, 0.5) is 0 Å². The summed E-state index contributed by atoms with van der Waals surface area (Å²) in [7, 11) is 0. The highest BCUT2D eigenvalue weighted by atomic mass is 16.5. The van der Waals surface area contributed by atoms with Crippen molar-refractivity contribution in [3.63, 3.8) is 0 Å². The number of aliphatic carboxylic acids is 1. The highest BCUT2D eigenvalue weighted by Gasteiger charge is 2.31. The number of nitriles is 1. The molecular formula is C19H22N2O4. The lowest BCUT2D eigenvalue weighted by atomic mass is 9.79. The molecule has 1 aromatic carbocycles. The molecule has 1 unspecified atom stereocenters. The summed E-state index contributed by atoms with van der Waals surface area (Å²) in [6.07, 6.45) is -0.220. The van der Waals surface area contributed by atoms with E-state index < -0.39 is 22.8 Å². The molecule has 6 nitrogen and oxygen atoms in total. The molecule has 1 N–H and O–H groups in total. The summed E-state index contributed by atoms with van der Waals surface area (Å²) in [5, 5.41) is 18.6. The largest absolute Gasteiger partial charge is 0.481 e. The molecule has 1 atom stereocenters. The van der Waals surface area contributed by atoms with Gasteiger partial charge in [0.05, 0.1) is 24.5 Å². The van der Waals surface area contributed by atoms with Crippen molar-refractivity contribution in [2.24, 2.45) is 0 Å². The van der Waals surface area contributed by atoms with Gasteiger partial charge in [0.15, 0.2) is 0 Å². The molecule has 1 rings (SSSR count). The zero-order chi connectivity index (χ0) is 19.3. The zero-order valence-electron chi connectivity index (χ0n) is 14.9. The summed E-state index contributed by atoms with van der Waals surface area (Å²) in [6.45, 7) is 14.6. The molecule has 1 aromatic rings. The summed E-state index contributed by atoms with van der Waals surface area (Å²) < 4.78 is 4.79. The fraction of sp³-hybridized carbons (Fsp3) is 0.474. The molecule has 0 saturated carbocycles. The summed E-state index contributed by atoms with van der Waals surface area (Å²) in [5.41, 5.74) is 0.398. The molecule has 0 spiro atoms. The van der Waals surface area contributed by atoms with Crippen LogP contribution in [0.5, 0.6) is 0 Å². The first-order valence-corrected chi connectivity index (χ1v) is 7.80. The van der Waals surface area contributed by atoms with E-state index in [9.17, 15) is 14.9 Å². The van der Waals surface area contributed by atoms with Crippen LogP contribution < -0.4 is 0 Å². The van der Waals surface area contributed by atoms with E-state index in [4.69, 9.17) is 16.4 Å². The quantitative estimate of drug-likeness (QED) is 0.577. The number of rotatable bonds is 8. The Morgan fingerprint density at radius 1 is 1.36 bits per heavy atom. The highest BCUT2D eigenvalue weighted by molar-refractivity contribution is 5.68. The first-order valence-electron chi connectivity index (χ1n) is 7.80. The van der Waals surface area contributed by atoms with Crippen molar-refractivity contribution in [1.29, 1.82) is 5.26 Å². The van der Waals surface area contributed by atoms with E-state index in [2.05, 4.69) is 10.9 Å². The molecule has 0 amide bonds. The Bertz CT molecular complexity index is 695. The van der Waals surface area contributed by atoms with E-state index in [1.165, 1.54) is 0 Å². The van der Waals surface area contributed by atoms with Gasteiger partial charge in [-0.25, -0.2) is 6.57 Å². The molecule has 0 aliphatic heterocycles. The van der Waals surface area contributed by atoms with Gasteiger partial charge in [-0.1, -0.05) is 6.07 Å². The van der Waals surface area contributed by atoms with Crippen molar-refractivity contribution >= 4 is 12.4 Å². The minimum Gasteiger partial charge on any atom is -0.481 e. The predicted molar refractivity (Wildman–Crippen MR) is 91.7 cm³/mol. The Morgan fingerprint density at radius 2 is 1.96 bits per heavy atom. The van der Waals surface area contributed by atoms with Crippen molar-refractivity contribution in [2.75, 3.05) is 6.61 Å². The van der Waals surface area contributed by atoms with Crippen LogP contribution in [0.1, 0.15) is 56.7 Å². The Hall–Kier alpha value is -2.86. The van der Waals surface area contributed by atoms with Crippen LogP contribution in [0.15, 0.2) is 18.2 Å². The van der Waals surface area contributed by atoms with Crippen LogP contribution >= 0.6 is 0 Å². The summed E-state index contributed by atoms with van der Waals surface area (Å²) >= 11 is 0. The Labute approximate surface area is 147 Å². The maximum atomic E-state index is 11.2. The van der Waals surface area contributed by atoms with Gasteiger partial charge < -0.3 is 14.7 Å². The fourth-order valence-electron chi connectivity index (χ4n) is 2.37. The first kappa shape index (κ1) is 20.2. The third kappa shape index (κ3) is 5.06. The number of carbonyl (C=O) groups excluding carboxylic acids is 1. The molecule has 132 valence electrons. The van der Waals surface area contributed by atoms with Gasteiger partial charge in [-0.3, -0.25) is 9.59 Å². The van der Waals surface area contributed by atoms with Gasteiger partial charge >= 0.3 is 5.97 Å². The molecule has 0 heterocycles. The van der Waals surface area contributed by atoms with Crippen molar-refractivity contribution in [2.45, 2.75) is 51.0 Å². The van der Waals surface area contributed by atoms with Crippen LogP contribution in [0.2, 0.25) is 0 Å². The summed E-state index contributed by atoms with van der Waals surface area (Å²) in [5.74, 6) is -1.58. The SMILES string of the molecule is [C-]#[N+]C(C)(C)c1cc(C(COC=O)CC(=O)O)cc(C(C)(C)C#N)c1. The lowest BCUT2D eigenvalue weighted by Crippen LogP contribution is -2.20. The van der Waals surface area contributed by atoms with E-state index in [-0.39, 0.29) is 19.5 Å². The van der Waals surface area contributed by atoms with Crippen LogP contribution in [-0.2, 0) is 25.3 Å². The second kappa shape index (κ2) is 7.81. The average molecular weight is 342 g/mol. The van der Waals surface area contributed by atoms with Gasteiger partial charge in [-0.05, 0) is 37.1 Å². The minimum atomic E-state index is -1.02. The van der Waals surface area contributed by atoms with E-state index in [0.29, 0.717) is 16.7 Å². The van der Waals surface area contributed by atoms with Gasteiger partial charge in [0.25, 0.3) is 12.0 Å². The van der Waals surface area contributed by atoms with Gasteiger partial charge in [-0.2, -0.15) is 5.26 Å². The Morgan fingerprint density at radius 3 is 2.44 bits per heavy atom. The molecule has 25 heavy (non-hydrogen) atoms. The average Bonchev–Trinajstić information content (AvgIpc) is 2.57. The van der Waals surface area contributed by atoms with E-state index in [0.717, 1.165) is 0 Å². The van der Waals surface area contributed by atoms with E-state index in [1.54, 1.807) is 39.8 Å². The van der Waals surface area contributed by atoms with E-state index >= 15 is 0 Å². The number of hydrogen-bond acceptors (Lipinski definition) is 4. The van der Waals surface area contributed by atoms with Gasteiger partial charge in [0, 0.05) is 25.3 Å². The zero-order valence-corrected chi connectivity index (χ0v) is 14.9. The van der Waals surface area contributed by atoms with Crippen LogP contribution in [0.25, 0.3) is 4.85 Å². The van der Waals surface area contributed by atoms with Crippen molar-refractivity contribution in [3.8, 4) is 6.07 Å². The standard InChI is InChI=1S/C19H22N2O4/c1-18(2,11-20)15-6-13(7-16(9-15)19(3,4)21-5)14(8-17(23)24)10-25-12-22/h6-7,9,12,14H,8,10H2,1-4H3,(H,23,24). The fourth-order valence-corrected chi connectivity index (χ4v) is 2.37. The highest BCUT2D eigenvalue weighted by Crippen LogP contribution is 2.34. The molecule has 0 saturated heterocycles. The molecule has 0 aliphatic carbocycles. The number of ether oxygens (including phenoxy) is 1. The van der Waals surface area contributed by atoms with Crippen LogP contribution in [-0.4, -0.2) is 24.2 Å². The number of carbonyl (C=O) groups is 2. The minimum absolute atomic E-state index is 0.0792. The molecule has 0 aliphatic rings. The van der Waals surface area contributed by atoms with Crippen molar-refractivity contribution < 1.29 is 19.4 Å². The number of carboxylic acids is 1. The van der Waals surface area contributed by atoms with Crippen molar-refractivity contribution in [1.82, 2.24) is 0 Å². The lowest BCUT2D eigenvalue weighted by Gasteiger charge is -2.23. The number of nitrogens with zero attached hydrogens (tertiary/aromatic N) is 2. The molecule has 0 aromatic heterocycles. The Kier molecular flexibility index (Phi) is 6.30. The first-order chi connectivity index (χ1) is 11.6. The predicted octanol–water partition coefficient (Wildman–Crippen LogP) is 3.37. The third-order valence-electron chi connectivity index (χ3n) is 4.20. The van der Waals surface area contributed by atoms with Gasteiger partial charge in [0.1, 0.15) is 0 Å². The smallest absolute Gasteiger partial charge is 0.304 e. The maximum Gasteiger partial charge on any atom is 0.304 e. The second-order valence-electron chi connectivity index (χ2n) is 6.98. The Balaban J connectivity index is 3.56. The molecule has 0 radical (unpaired) electrons. The maximum absolute atomic E-state index is 11.2. The molecular weight excluding hydrogens is 320 g/mol. The number of benzene rings is 1. The molecule has 0 bridgehead atoms. The molecule has 6 heteroatoms.